The van der Waals surface area contributed by atoms with Gasteiger partial charge in [-0.2, -0.15) is 11.8 Å². The molecule has 0 aromatic heterocycles. The Morgan fingerprint density at radius 1 is 1.26 bits per heavy atom. The number of nitrogens with zero attached hydrogens (tertiary/aromatic N) is 1. The van der Waals surface area contributed by atoms with E-state index in [9.17, 15) is 4.79 Å². The van der Waals surface area contributed by atoms with Crippen LogP contribution >= 0.6 is 11.8 Å². The lowest BCUT2D eigenvalue weighted by molar-refractivity contribution is -0.130. The van der Waals surface area contributed by atoms with Crippen LogP contribution in [-0.4, -0.2) is 41.6 Å². The molecule has 1 fully saturated rings. The number of carbonyl (C=O) groups excluding carboxylic acids is 1. The Bertz CT molecular complexity index is 271. The number of hydrogen-bond donors (Lipinski definition) is 1. The van der Waals surface area contributed by atoms with Crippen LogP contribution in [0.5, 0.6) is 0 Å². The van der Waals surface area contributed by atoms with Gasteiger partial charge in [-0.05, 0) is 44.1 Å². The highest BCUT2D eigenvalue weighted by atomic mass is 32.2. The van der Waals surface area contributed by atoms with E-state index in [1.807, 2.05) is 16.7 Å². The number of amides is 1. The molecule has 1 heterocycles. The monoisotopic (exact) mass is 286 g/mol. The molecule has 1 N–H and O–H groups in total. The fourth-order valence-electron chi connectivity index (χ4n) is 2.67. The Hall–Kier alpha value is -0.220. The lowest BCUT2D eigenvalue weighted by Crippen LogP contribution is -2.35. The summed E-state index contributed by atoms with van der Waals surface area (Å²) in [5.41, 5.74) is 0. The molecule has 19 heavy (non-hydrogen) atoms. The highest BCUT2D eigenvalue weighted by Crippen LogP contribution is 2.17. The minimum atomic E-state index is 0.0477. The van der Waals surface area contributed by atoms with Crippen molar-refractivity contribution >= 4 is 17.7 Å². The van der Waals surface area contributed by atoms with E-state index >= 15 is 0 Å². The topological polar surface area (TPSA) is 32.3 Å². The van der Waals surface area contributed by atoms with Crippen LogP contribution in [0.15, 0.2) is 0 Å². The summed E-state index contributed by atoms with van der Waals surface area (Å²) in [6, 6.07) is 0.0477. The van der Waals surface area contributed by atoms with Crippen molar-refractivity contribution in [3.8, 4) is 0 Å². The average Bonchev–Trinajstić information content (AvgIpc) is 2.59. The lowest BCUT2D eigenvalue weighted by Gasteiger charge is -2.20. The molecule has 0 aliphatic carbocycles. The largest absolute Gasteiger partial charge is 0.326 e. The van der Waals surface area contributed by atoms with Crippen molar-refractivity contribution in [3.63, 3.8) is 0 Å². The number of unbranched alkanes of at least 4 members (excludes halogenated alkanes) is 3. The maximum absolute atomic E-state index is 12.3. The second kappa shape index (κ2) is 8.85. The highest BCUT2D eigenvalue weighted by Gasteiger charge is 2.35. The van der Waals surface area contributed by atoms with Crippen LogP contribution in [0.1, 0.15) is 52.9 Å². The Morgan fingerprint density at radius 2 is 1.95 bits per heavy atom. The minimum absolute atomic E-state index is 0.0477. The Balaban J connectivity index is 2.24. The molecule has 0 spiro atoms. The molecule has 0 aromatic carbocycles. The molecule has 0 bridgehead atoms. The molecule has 1 aliphatic heterocycles. The van der Waals surface area contributed by atoms with Gasteiger partial charge in [0, 0.05) is 6.54 Å². The SMILES string of the molecule is CSCCCCCCN1C(=O)C(CC(C)C)NC1C. The van der Waals surface area contributed by atoms with Crippen LogP contribution in [0.25, 0.3) is 0 Å². The molecule has 4 heteroatoms. The number of thioether (sulfide) groups is 1. The summed E-state index contributed by atoms with van der Waals surface area (Å²) >= 11 is 1.92. The predicted octanol–water partition coefficient (Wildman–Crippen LogP) is 3.10. The first-order valence-electron chi connectivity index (χ1n) is 7.61. The molecule has 1 aliphatic rings. The summed E-state index contributed by atoms with van der Waals surface area (Å²) in [5.74, 6) is 2.14. The minimum Gasteiger partial charge on any atom is -0.326 e. The molecule has 1 saturated heterocycles. The van der Waals surface area contributed by atoms with Crippen LogP contribution in [0.4, 0.5) is 0 Å². The summed E-state index contributed by atoms with van der Waals surface area (Å²) in [7, 11) is 0. The van der Waals surface area contributed by atoms with Gasteiger partial charge in [0.25, 0.3) is 0 Å². The lowest BCUT2D eigenvalue weighted by atomic mass is 10.0. The molecular formula is C15H30N2OS. The standard InChI is InChI=1S/C15H30N2OS/c1-12(2)11-14-15(18)17(13(3)16-14)9-7-5-6-8-10-19-4/h12-14,16H,5-11H2,1-4H3. The maximum atomic E-state index is 12.3. The zero-order chi connectivity index (χ0) is 14.3. The Kier molecular flexibility index (Phi) is 7.84. The van der Waals surface area contributed by atoms with Gasteiger partial charge in [0.2, 0.25) is 5.91 Å². The Labute approximate surface area is 122 Å². The molecule has 2 unspecified atom stereocenters. The normalized spacial score (nSPS) is 23.6. The van der Waals surface area contributed by atoms with Crippen LogP contribution in [0, 0.1) is 5.92 Å². The summed E-state index contributed by atoms with van der Waals surface area (Å²) < 4.78 is 0. The van der Waals surface area contributed by atoms with Crippen molar-refractivity contribution in [2.75, 3.05) is 18.6 Å². The Morgan fingerprint density at radius 3 is 2.58 bits per heavy atom. The van der Waals surface area contributed by atoms with Crippen molar-refractivity contribution in [2.45, 2.75) is 65.1 Å². The number of nitrogens with one attached hydrogen (secondary N) is 1. The quantitative estimate of drug-likeness (QED) is 0.661. The van der Waals surface area contributed by atoms with Gasteiger partial charge in [-0.1, -0.05) is 26.7 Å². The molecule has 3 nitrogen and oxygen atoms in total. The van der Waals surface area contributed by atoms with Crippen LogP contribution in [0.2, 0.25) is 0 Å². The van der Waals surface area contributed by atoms with Crippen LogP contribution < -0.4 is 5.32 Å². The molecule has 1 amide bonds. The van der Waals surface area contributed by atoms with Crippen molar-refractivity contribution in [1.29, 1.82) is 0 Å². The average molecular weight is 286 g/mol. The van der Waals surface area contributed by atoms with Gasteiger partial charge in [-0.3, -0.25) is 10.1 Å². The molecule has 112 valence electrons. The first-order valence-corrected chi connectivity index (χ1v) is 9.01. The van der Waals surface area contributed by atoms with E-state index in [0.29, 0.717) is 11.8 Å². The van der Waals surface area contributed by atoms with Crippen LogP contribution in [-0.2, 0) is 4.79 Å². The van der Waals surface area contributed by atoms with Crippen molar-refractivity contribution < 1.29 is 4.79 Å². The van der Waals surface area contributed by atoms with Crippen molar-refractivity contribution in [3.05, 3.63) is 0 Å². The van der Waals surface area contributed by atoms with Gasteiger partial charge in [-0.15, -0.1) is 0 Å². The first kappa shape index (κ1) is 16.8. The second-order valence-corrected chi connectivity index (χ2v) is 6.95. The van der Waals surface area contributed by atoms with E-state index < -0.39 is 0 Å². The summed E-state index contributed by atoms with van der Waals surface area (Å²) in [6.45, 7) is 7.37. The number of rotatable bonds is 9. The van der Waals surface area contributed by atoms with E-state index in [2.05, 4.69) is 32.3 Å². The predicted molar refractivity (Wildman–Crippen MR) is 84.4 cm³/mol. The van der Waals surface area contributed by atoms with E-state index in [1.165, 1.54) is 25.0 Å². The zero-order valence-electron chi connectivity index (χ0n) is 12.9. The van der Waals surface area contributed by atoms with Crippen molar-refractivity contribution in [2.24, 2.45) is 5.92 Å². The maximum Gasteiger partial charge on any atom is 0.241 e. The summed E-state index contributed by atoms with van der Waals surface area (Å²) in [6.07, 6.45) is 8.30. The summed E-state index contributed by atoms with van der Waals surface area (Å²) in [5, 5.41) is 3.42. The molecular weight excluding hydrogens is 256 g/mol. The van der Waals surface area contributed by atoms with E-state index in [0.717, 1.165) is 19.4 Å². The van der Waals surface area contributed by atoms with Gasteiger partial charge in [-0.25, -0.2) is 0 Å². The third kappa shape index (κ3) is 5.74. The first-order chi connectivity index (χ1) is 9.06. The third-order valence-electron chi connectivity index (χ3n) is 3.70. The van der Waals surface area contributed by atoms with Crippen LogP contribution in [0.3, 0.4) is 0 Å². The number of hydrogen-bond acceptors (Lipinski definition) is 3. The van der Waals surface area contributed by atoms with Gasteiger partial charge in [0.15, 0.2) is 0 Å². The van der Waals surface area contributed by atoms with Crippen molar-refractivity contribution in [1.82, 2.24) is 10.2 Å². The highest BCUT2D eigenvalue weighted by molar-refractivity contribution is 7.98. The fraction of sp³-hybridized carbons (Fsp3) is 0.933. The second-order valence-electron chi connectivity index (χ2n) is 5.96. The van der Waals surface area contributed by atoms with E-state index in [-0.39, 0.29) is 12.2 Å². The summed E-state index contributed by atoms with van der Waals surface area (Å²) in [4.78, 5) is 14.3. The molecule has 1 rings (SSSR count). The fourth-order valence-corrected chi connectivity index (χ4v) is 3.16. The van der Waals surface area contributed by atoms with Gasteiger partial charge < -0.3 is 4.90 Å². The smallest absolute Gasteiger partial charge is 0.241 e. The molecule has 2 atom stereocenters. The van der Waals surface area contributed by atoms with Gasteiger partial charge in [0.1, 0.15) is 0 Å². The molecule has 0 aromatic rings. The van der Waals surface area contributed by atoms with Gasteiger partial charge >= 0.3 is 0 Å². The zero-order valence-corrected chi connectivity index (χ0v) is 13.8. The molecule has 0 saturated carbocycles. The van der Waals surface area contributed by atoms with E-state index in [4.69, 9.17) is 0 Å². The molecule has 0 radical (unpaired) electrons. The van der Waals surface area contributed by atoms with Gasteiger partial charge in [0.05, 0.1) is 12.2 Å². The third-order valence-corrected chi connectivity index (χ3v) is 4.39. The van der Waals surface area contributed by atoms with E-state index in [1.54, 1.807) is 0 Å². The number of carbonyl (C=O) groups is 1.